The molecule has 0 aliphatic carbocycles. The van der Waals surface area contributed by atoms with Gasteiger partial charge in [0.15, 0.2) is 0 Å². The zero-order valence-corrected chi connectivity index (χ0v) is 16.6. The average Bonchev–Trinajstić information content (AvgIpc) is 2.55. The predicted molar refractivity (Wildman–Crippen MR) is 99.9 cm³/mol. The van der Waals surface area contributed by atoms with Crippen LogP contribution in [-0.4, -0.2) is 27.5 Å². The molecule has 0 bridgehead atoms. The Morgan fingerprint density at radius 2 is 1.73 bits per heavy atom. The van der Waals surface area contributed by atoms with E-state index in [-0.39, 0.29) is 33.0 Å². The van der Waals surface area contributed by atoms with Gasteiger partial charge in [0, 0.05) is 11.1 Å². The summed E-state index contributed by atoms with van der Waals surface area (Å²) in [7, 11) is -2.53. The van der Waals surface area contributed by atoms with Crippen molar-refractivity contribution < 1.29 is 22.7 Å². The maximum atomic E-state index is 12.5. The first kappa shape index (κ1) is 20.5. The van der Waals surface area contributed by atoms with E-state index in [1.165, 1.54) is 43.5 Å². The van der Waals surface area contributed by atoms with Crippen LogP contribution in [0.1, 0.15) is 24.2 Å². The van der Waals surface area contributed by atoms with Crippen LogP contribution in [0, 0.1) is 0 Å². The normalized spacial score (nSPS) is 11.5. The Balaban J connectivity index is 2.38. The van der Waals surface area contributed by atoms with Gasteiger partial charge >= 0.3 is 5.97 Å². The molecule has 0 unspecified atom stereocenters. The molecule has 0 aromatic heterocycles. The van der Waals surface area contributed by atoms with Crippen molar-refractivity contribution in [2.24, 2.45) is 0 Å². The highest BCUT2D eigenvalue weighted by Crippen LogP contribution is 2.29. The molecule has 0 atom stereocenters. The third kappa shape index (κ3) is 4.88. The molecule has 26 heavy (non-hydrogen) atoms. The summed E-state index contributed by atoms with van der Waals surface area (Å²) in [4.78, 5) is 12.2. The quantitative estimate of drug-likeness (QED) is 0.568. The van der Waals surface area contributed by atoms with Crippen LogP contribution >= 0.6 is 23.2 Å². The van der Waals surface area contributed by atoms with E-state index in [1.807, 2.05) is 0 Å². The van der Waals surface area contributed by atoms with Crippen molar-refractivity contribution in [3.05, 3.63) is 52.0 Å². The Bertz CT molecular complexity index is 929. The third-order valence-corrected chi connectivity index (χ3v) is 5.39. The summed E-state index contributed by atoms with van der Waals surface area (Å²) >= 11 is 11.8. The van der Waals surface area contributed by atoms with Gasteiger partial charge in [0.1, 0.15) is 16.4 Å². The first-order valence-electron chi connectivity index (χ1n) is 7.51. The highest BCUT2D eigenvalue weighted by Gasteiger charge is 2.23. The molecule has 0 aliphatic rings. The predicted octanol–water partition coefficient (Wildman–Crippen LogP) is 3.91. The fourth-order valence-electron chi connectivity index (χ4n) is 2.10. The summed E-state index contributed by atoms with van der Waals surface area (Å²) in [5.74, 6) is -0.543. The maximum absolute atomic E-state index is 12.5. The van der Waals surface area contributed by atoms with Gasteiger partial charge in [-0.05, 0) is 50.2 Å². The number of sulfonamides is 1. The molecule has 2 aromatic rings. The fourth-order valence-corrected chi connectivity index (χ4v) is 4.00. The van der Waals surface area contributed by atoms with Gasteiger partial charge in [-0.25, -0.2) is 17.9 Å². The standard InChI is InChI=1S/C17H17Cl2NO5S/c1-10(2)20-26(22,23)16-8-11(4-6-15(16)24-3)17(21)25-14-7-5-12(18)9-13(14)19/h4-10,20H,1-3H3. The Morgan fingerprint density at radius 1 is 1.08 bits per heavy atom. The van der Waals surface area contributed by atoms with E-state index in [0.29, 0.717) is 5.02 Å². The number of esters is 1. The van der Waals surface area contributed by atoms with Gasteiger partial charge in [-0.1, -0.05) is 23.2 Å². The number of benzene rings is 2. The first-order valence-corrected chi connectivity index (χ1v) is 9.75. The van der Waals surface area contributed by atoms with E-state index in [0.717, 1.165) is 0 Å². The number of ether oxygens (including phenoxy) is 2. The molecule has 6 nitrogen and oxygen atoms in total. The van der Waals surface area contributed by atoms with E-state index in [9.17, 15) is 13.2 Å². The molecular weight excluding hydrogens is 401 g/mol. The number of rotatable bonds is 6. The van der Waals surface area contributed by atoms with Crippen molar-refractivity contribution in [3.63, 3.8) is 0 Å². The zero-order valence-electron chi connectivity index (χ0n) is 14.2. The van der Waals surface area contributed by atoms with Gasteiger partial charge in [0.05, 0.1) is 17.7 Å². The van der Waals surface area contributed by atoms with Crippen molar-refractivity contribution in [3.8, 4) is 11.5 Å². The summed E-state index contributed by atoms with van der Waals surface area (Å²) in [6.07, 6.45) is 0. The molecule has 0 radical (unpaired) electrons. The van der Waals surface area contributed by atoms with Gasteiger partial charge in [0.2, 0.25) is 10.0 Å². The van der Waals surface area contributed by atoms with E-state index < -0.39 is 16.0 Å². The van der Waals surface area contributed by atoms with Crippen molar-refractivity contribution in [2.45, 2.75) is 24.8 Å². The van der Waals surface area contributed by atoms with E-state index >= 15 is 0 Å². The highest BCUT2D eigenvalue weighted by molar-refractivity contribution is 7.89. The largest absolute Gasteiger partial charge is 0.495 e. The van der Waals surface area contributed by atoms with Crippen LogP contribution in [0.5, 0.6) is 11.5 Å². The van der Waals surface area contributed by atoms with Gasteiger partial charge in [-0.2, -0.15) is 0 Å². The Morgan fingerprint density at radius 3 is 2.31 bits per heavy atom. The molecule has 0 heterocycles. The van der Waals surface area contributed by atoms with Gasteiger partial charge in [-0.3, -0.25) is 0 Å². The van der Waals surface area contributed by atoms with Crippen molar-refractivity contribution >= 4 is 39.2 Å². The first-order chi connectivity index (χ1) is 12.1. The van der Waals surface area contributed by atoms with Crippen LogP contribution in [0.15, 0.2) is 41.3 Å². The van der Waals surface area contributed by atoms with Gasteiger partial charge in [-0.15, -0.1) is 0 Å². The molecule has 9 heteroatoms. The van der Waals surface area contributed by atoms with E-state index in [4.69, 9.17) is 32.7 Å². The second kappa shape index (κ2) is 8.26. The summed E-state index contributed by atoms with van der Waals surface area (Å²) in [6.45, 7) is 3.37. The monoisotopic (exact) mass is 417 g/mol. The average molecular weight is 418 g/mol. The minimum atomic E-state index is -3.87. The molecule has 0 spiro atoms. The van der Waals surface area contributed by atoms with Crippen molar-refractivity contribution in [2.75, 3.05) is 7.11 Å². The second-order valence-electron chi connectivity index (χ2n) is 5.61. The number of carbonyl (C=O) groups is 1. The molecule has 1 N–H and O–H groups in total. The number of methoxy groups -OCH3 is 1. The summed E-state index contributed by atoms with van der Waals surface area (Å²) in [6, 6.07) is 8.05. The van der Waals surface area contributed by atoms with Crippen molar-refractivity contribution in [1.82, 2.24) is 4.72 Å². The lowest BCUT2D eigenvalue weighted by Crippen LogP contribution is -2.30. The minimum Gasteiger partial charge on any atom is -0.495 e. The molecule has 0 saturated heterocycles. The molecule has 0 aliphatic heterocycles. The smallest absolute Gasteiger partial charge is 0.343 e. The van der Waals surface area contributed by atoms with Crippen LogP contribution in [0.2, 0.25) is 10.0 Å². The highest BCUT2D eigenvalue weighted by atomic mass is 35.5. The lowest BCUT2D eigenvalue weighted by molar-refractivity contribution is 0.0734. The summed E-state index contributed by atoms with van der Waals surface area (Å²) < 4.78 is 37.7. The van der Waals surface area contributed by atoms with Crippen molar-refractivity contribution in [1.29, 1.82) is 0 Å². The Labute approximate surface area is 162 Å². The second-order valence-corrected chi connectivity index (χ2v) is 8.13. The van der Waals surface area contributed by atoms with Crippen LogP contribution in [-0.2, 0) is 10.0 Å². The molecule has 140 valence electrons. The number of nitrogens with one attached hydrogen (secondary N) is 1. The van der Waals surface area contributed by atoms with Crippen LogP contribution < -0.4 is 14.2 Å². The summed E-state index contributed by atoms with van der Waals surface area (Å²) in [5, 5.41) is 0.557. The summed E-state index contributed by atoms with van der Waals surface area (Å²) in [5.41, 5.74) is 0.0287. The van der Waals surface area contributed by atoms with Gasteiger partial charge < -0.3 is 9.47 Å². The van der Waals surface area contributed by atoms with E-state index in [2.05, 4.69) is 4.72 Å². The molecule has 0 fully saturated rings. The third-order valence-electron chi connectivity index (χ3n) is 3.18. The minimum absolute atomic E-state index is 0.0287. The molecule has 2 aromatic carbocycles. The number of carbonyl (C=O) groups excluding carboxylic acids is 1. The fraction of sp³-hybridized carbons (Fsp3) is 0.235. The SMILES string of the molecule is COc1ccc(C(=O)Oc2ccc(Cl)cc2Cl)cc1S(=O)(=O)NC(C)C. The zero-order chi connectivity index (χ0) is 19.5. The topological polar surface area (TPSA) is 81.7 Å². The number of hydrogen-bond acceptors (Lipinski definition) is 5. The molecular formula is C17H17Cl2NO5S. The van der Waals surface area contributed by atoms with Crippen LogP contribution in [0.25, 0.3) is 0 Å². The Kier molecular flexibility index (Phi) is 6.52. The lowest BCUT2D eigenvalue weighted by atomic mass is 10.2. The van der Waals surface area contributed by atoms with E-state index in [1.54, 1.807) is 13.8 Å². The van der Waals surface area contributed by atoms with Crippen LogP contribution in [0.3, 0.4) is 0 Å². The number of halogens is 2. The van der Waals surface area contributed by atoms with Crippen LogP contribution in [0.4, 0.5) is 0 Å². The lowest BCUT2D eigenvalue weighted by Gasteiger charge is -2.14. The molecule has 0 amide bonds. The molecule has 0 saturated carbocycles. The maximum Gasteiger partial charge on any atom is 0.343 e. The molecule has 2 rings (SSSR count). The number of hydrogen-bond donors (Lipinski definition) is 1. The Hall–Kier alpha value is -1.80. The van der Waals surface area contributed by atoms with Gasteiger partial charge in [0.25, 0.3) is 0 Å².